The van der Waals surface area contributed by atoms with Crippen molar-refractivity contribution in [3.63, 3.8) is 0 Å². The quantitative estimate of drug-likeness (QED) is 0.491. The molecule has 0 radical (unpaired) electrons. The number of hydrogen-bond acceptors (Lipinski definition) is 4. The van der Waals surface area contributed by atoms with Crippen LogP contribution in [0, 0.1) is 5.92 Å². The van der Waals surface area contributed by atoms with Crippen molar-refractivity contribution in [3.8, 4) is 5.75 Å². The van der Waals surface area contributed by atoms with Crippen LogP contribution in [0.1, 0.15) is 62.0 Å². The van der Waals surface area contributed by atoms with E-state index in [4.69, 9.17) is 9.47 Å². The van der Waals surface area contributed by atoms with E-state index in [0.29, 0.717) is 23.4 Å². The van der Waals surface area contributed by atoms with Gasteiger partial charge in [0.25, 0.3) is 0 Å². The Kier molecular flexibility index (Phi) is 6.98. The minimum atomic E-state index is -1.29. The first-order chi connectivity index (χ1) is 14.7. The monoisotopic (exact) mass is 427 g/mol. The van der Waals surface area contributed by atoms with E-state index < -0.39 is 17.9 Å². The van der Waals surface area contributed by atoms with Crippen LogP contribution in [0.15, 0.2) is 42.5 Å². The van der Waals surface area contributed by atoms with Gasteiger partial charge in [-0.1, -0.05) is 39.0 Å². The van der Waals surface area contributed by atoms with Gasteiger partial charge >= 0.3 is 6.09 Å². The molecule has 3 rings (SSSR count). The van der Waals surface area contributed by atoms with Crippen molar-refractivity contribution in [2.75, 3.05) is 5.32 Å². The molecule has 0 bridgehead atoms. The highest BCUT2D eigenvalue weighted by molar-refractivity contribution is 5.99. The summed E-state index contributed by atoms with van der Waals surface area (Å²) in [5, 5.41) is 2.65. The summed E-state index contributed by atoms with van der Waals surface area (Å²) >= 11 is 0. The third kappa shape index (κ3) is 5.84. The molecule has 6 heteroatoms. The first-order valence-electron chi connectivity index (χ1n) is 10.8. The molecule has 1 fully saturated rings. The van der Waals surface area contributed by atoms with Crippen LogP contribution in [0.2, 0.25) is 0 Å². The van der Waals surface area contributed by atoms with E-state index in [2.05, 4.69) is 5.32 Å². The van der Waals surface area contributed by atoms with E-state index in [1.807, 2.05) is 39.0 Å². The van der Waals surface area contributed by atoms with Crippen LogP contribution in [0.3, 0.4) is 0 Å². The number of ketones is 1. The van der Waals surface area contributed by atoms with E-state index >= 15 is 0 Å². The van der Waals surface area contributed by atoms with Crippen molar-refractivity contribution >= 4 is 17.6 Å². The van der Waals surface area contributed by atoms with Crippen molar-refractivity contribution in [3.05, 3.63) is 59.2 Å². The van der Waals surface area contributed by atoms with Crippen LogP contribution in [0.4, 0.5) is 14.9 Å². The van der Waals surface area contributed by atoms with Gasteiger partial charge in [0, 0.05) is 29.7 Å². The van der Waals surface area contributed by atoms with Gasteiger partial charge < -0.3 is 9.47 Å². The van der Waals surface area contributed by atoms with Gasteiger partial charge in [0.15, 0.2) is 5.78 Å². The number of alkyl halides is 1. The fourth-order valence-electron chi connectivity index (χ4n) is 3.28. The molecule has 0 spiro atoms. The second-order valence-corrected chi connectivity index (χ2v) is 8.34. The highest BCUT2D eigenvalue weighted by atomic mass is 19.1. The summed E-state index contributed by atoms with van der Waals surface area (Å²) in [5.74, 6) is 0.556. The van der Waals surface area contributed by atoms with Crippen LogP contribution in [-0.4, -0.2) is 23.6 Å². The molecule has 3 unspecified atom stereocenters. The molecule has 3 atom stereocenters. The number of ether oxygens (including phenoxy) is 2. The van der Waals surface area contributed by atoms with Crippen LogP contribution in [-0.2, 0) is 17.8 Å². The number of carbonyl (C=O) groups is 2. The summed E-state index contributed by atoms with van der Waals surface area (Å²) in [6, 6.07) is 12.4. The Morgan fingerprint density at radius 2 is 1.97 bits per heavy atom. The number of benzene rings is 2. The number of aryl methyl sites for hydroxylation is 1. The predicted octanol–water partition coefficient (Wildman–Crippen LogP) is 6.11. The maximum Gasteiger partial charge on any atom is 0.411 e. The molecule has 166 valence electrons. The lowest BCUT2D eigenvalue weighted by Crippen LogP contribution is -2.15. The lowest BCUT2D eigenvalue weighted by atomic mass is 9.91. The van der Waals surface area contributed by atoms with Gasteiger partial charge in [0.05, 0.1) is 0 Å². The molecular formula is C25H30FNO4. The Labute approximate surface area is 182 Å². The largest absolute Gasteiger partial charge is 0.487 e. The van der Waals surface area contributed by atoms with Crippen LogP contribution in [0.5, 0.6) is 5.75 Å². The normalized spacial score (nSPS) is 20.6. The zero-order chi connectivity index (χ0) is 22.6. The molecule has 0 aliphatic heterocycles. The second-order valence-electron chi connectivity index (χ2n) is 8.34. The molecule has 2 aromatic carbocycles. The van der Waals surface area contributed by atoms with E-state index in [1.165, 1.54) is 6.92 Å². The smallest absolute Gasteiger partial charge is 0.411 e. The van der Waals surface area contributed by atoms with Crippen molar-refractivity contribution in [2.24, 2.45) is 5.92 Å². The molecule has 5 nitrogen and oxygen atoms in total. The number of anilines is 1. The van der Waals surface area contributed by atoms with Gasteiger partial charge in [-0.3, -0.25) is 10.1 Å². The summed E-state index contributed by atoms with van der Waals surface area (Å²) in [5.41, 5.74) is 1.66. The van der Waals surface area contributed by atoms with Crippen LogP contribution in [0.25, 0.3) is 0 Å². The zero-order valence-corrected chi connectivity index (χ0v) is 18.5. The molecule has 0 heterocycles. The second kappa shape index (κ2) is 9.50. The van der Waals surface area contributed by atoms with Gasteiger partial charge in [-0.15, -0.1) is 0 Å². The average Bonchev–Trinajstić information content (AvgIpc) is 3.36. The summed E-state index contributed by atoms with van der Waals surface area (Å²) in [6.07, 6.45) is 0.839. The molecule has 1 saturated carbocycles. The predicted molar refractivity (Wildman–Crippen MR) is 118 cm³/mol. The molecule has 1 aliphatic carbocycles. The van der Waals surface area contributed by atoms with Crippen molar-refractivity contribution in [2.45, 2.75) is 65.3 Å². The Morgan fingerprint density at radius 1 is 1.23 bits per heavy atom. The standard InChI is InChI=1S/C25H30FNO4/c1-5-16(3)23(28)21-12-17(10-11-18(21)6-2)15-30-24(29)27-19-8-7-9-20(13-19)31-22-14-25(22,4)26/h7-13,16,22H,5-6,14-15H2,1-4H3,(H,27,29). The lowest BCUT2D eigenvalue weighted by molar-refractivity contribution is 0.0926. The number of hydrogen-bond donors (Lipinski definition) is 1. The Morgan fingerprint density at radius 3 is 2.61 bits per heavy atom. The van der Waals surface area contributed by atoms with Crippen molar-refractivity contribution in [1.82, 2.24) is 0 Å². The van der Waals surface area contributed by atoms with E-state index in [1.54, 1.807) is 24.3 Å². The van der Waals surface area contributed by atoms with E-state index in [-0.39, 0.29) is 18.3 Å². The lowest BCUT2D eigenvalue weighted by Gasteiger charge is -2.14. The summed E-state index contributed by atoms with van der Waals surface area (Å²) in [6.45, 7) is 7.49. The first kappa shape index (κ1) is 22.8. The third-order valence-electron chi connectivity index (χ3n) is 5.71. The Bertz CT molecular complexity index is 956. The van der Waals surface area contributed by atoms with Gasteiger partial charge in [0.2, 0.25) is 0 Å². The number of rotatable bonds is 9. The highest BCUT2D eigenvalue weighted by Crippen LogP contribution is 2.42. The summed E-state index contributed by atoms with van der Waals surface area (Å²) in [4.78, 5) is 24.9. The molecule has 1 N–H and O–H groups in total. The molecule has 1 aliphatic rings. The van der Waals surface area contributed by atoms with Gasteiger partial charge in [-0.25, -0.2) is 9.18 Å². The molecule has 1 amide bonds. The molecule has 0 saturated heterocycles. The van der Waals surface area contributed by atoms with Gasteiger partial charge in [-0.2, -0.15) is 0 Å². The van der Waals surface area contributed by atoms with Gasteiger partial charge in [-0.05, 0) is 49.1 Å². The first-order valence-corrected chi connectivity index (χ1v) is 10.8. The zero-order valence-electron chi connectivity index (χ0n) is 18.5. The topological polar surface area (TPSA) is 64.6 Å². The fourth-order valence-corrected chi connectivity index (χ4v) is 3.28. The number of nitrogens with one attached hydrogen (secondary N) is 1. The van der Waals surface area contributed by atoms with Crippen molar-refractivity contribution < 1.29 is 23.5 Å². The number of Topliss-reactive ketones (excluding diaryl/α,β-unsaturated/α-hetero) is 1. The summed E-state index contributed by atoms with van der Waals surface area (Å²) in [7, 11) is 0. The highest BCUT2D eigenvalue weighted by Gasteiger charge is 2.53. The average molecular weight is 428 g/mol. The summed E-state index contributed by atoms with van der Waals surface area (Å²) < 4.78 is 24.6. The Balaban J connectivity index is 1.59. The number of carbonyl (C=O) groups excluding carboxylic acids is 2. The molecular weight excluding hydrogens is 397 g/mol. The van der Waals surface area contributed by atoms with Gasteiger partial charge in [0.1, 0.15) is 24.1 Å². The Hall–Kier alpha value is -2.89. The molecule has 31 heavy (non-hydrogen) atoms. The maximum atomic E-state index is 13.7. The number of halogens is 1. The van der Waals surface area contributed by atoms with Crippen molar-refractivity contribution in [1.29, 1.82) is 0 Å². The number of amides is 1. The molecule has 0 aromatic heterocycles. The minimum Gasteiger partial charge on any atom is -0.487 e. The van der Waals surface area contributed by atoms with E-state index in [9.17, 15) is 14.0 Å². The SMILES string of the molecule is CCc1ccc(COC(=O)Nc2cccc(OC3CC3(C)F)c2)cc1C(=O)C(C)CC. The minimum absolute atomic E-state index is 0.0507. The maximum absolute atomic E-state index is 13.7. The third-order valence-corrected chi connectivity index (χ3v) is 5.71. The van der Waals surface area contributed by atoms with Crippen LogP contribution >= 0.6 is 0 Å². The molecule has 2 aromatic rings. The fraction of sp³-hybridized carbons (Fsp3) is 0.440. The van der Waals surface area contributed by atoms with Crippen LogP contribution < -0.4 is 10.1 Å². The van der Waals surface area contributed by atoms with E-state index in [0.717, 1.165) is 24.0 Å².